The Balaban J connectivity index is 1.62. The number of rotatable bonds is 2. The molecule has 0 radical (unpaired) electrons. The second kappa shape index (κ2) is 7.17. The van der Waals surface area contributed by atoms with E-state index in [1.165, 1.54) is 16.8 Å². The molecule has 3 heteroatoms. The Kier molecular flexibility index (Phi) is 5.14. The molecule has 25 heavy (non-hydrogen) atoms. The van der Waals surface area contributed by atoms with Gasteiger partial charge in [0.1, 0.15) is 4.99 Å². The van der Waals surface area contributed by atoms with Crippen LogP contribution in [0.25, 0.3) is 0 Å². The molecule has 1 fully saturated rings. The predicted molar refractivity (Wildman–Crippen MR) is 112 cm³/mol. The molecule has 2 aromatic rings. The van der Waals surface area contributed by atoms with E-state index in [-0.39, 0.29) is 5.41 Å². The standard InChI is InChI=1S/C22H28N2S/c1-17-5-11-20(12-6-17)23-13-15-24(16-14-23)21(25)18-7-9-19(10-8-18)22(2,3)4/h5-12H,13-16H2,1-4H3. The van der Waals surface area contributed by atoms with E-state index in [1.54, 1.807) is 0 Å². The second-order valence-corrected chi connectivity index (χ2v) is 8.33. The molecule has 3 rings (SSSR count). The van der Waals surface area contributed by atoms with E-state index in [0.29, 0.717) is 0 Å². The Bertz CT molecular complexity index is 718. The van der Waals surface area contributed by atoms with Crippen molar-refractivity contribution in [2.75, 3.05) is 31.1 Å². The van der Waals surface area contributed by atoms with Gasteiger partial charge >= 0.3 is 0 Å². The van der Waals surface area contributed by atoms with Crippen LogP contribution in [0.15, 0.2) is 48.5 Å². The van der Waals surface area contributed by atoms with Gasteiger partial charge in [-0.1, -0.05) is 75.0 Å². The third kappa shape index (κ3) is 4.21. The van der Waals surface area contributed by atoms with Crippen molar-refractivity contribution in [1.82, 2.24) is 4.90 Å². The van der Waals surface area contributed by atoms with Gasteiger partial charge in [-0.05, 0) is 30.0 Å². The first-order valence-electron chi connectivity index (χ1n) is 9.06. The lowest BCUT2D eigenvalue weighted by atomic mass is 9.87. The lowest BCUT2D eigenvalue weighted by Crippen LogP contribution is -2.48. The zero-order valence-corrected chi connectivity index (χ0v) is 16.6. The molecule has 0 aromatic heterocycles. The number of hydrogen-bond acceptors (Lipinski definition) is 2. The van der Waals surface area contributed by atoms with Gasteiger partial charge in [-0.2, -0.15) is 0 Å². The monoisotopic (exact) mass is 352 g/mol. The minimum absolute atomic E-state index is 0.180. The highest BCUT2D eigenvalue weighted by Gasteiger charge is 2.20. The maximum Gasteiger partial charge on any atom is 0.109 e. The van der Waals surface area contributed by atoms with Gasteiger partial charge in [0.05, 0.1) is 0 Å². The lowest BCUT2D eigenvalue weighted by molar-refractivity contribution is 0.392. The van der Waals surface area contributed by atoms with Crippen molar-refractivity contribution in [3.8, 4) is 0 Å². The van der Waals surface area contributed by atoms with Crippen LogP contribution in [-0.2, 0) is 5.41 Å². The third-order valence-corrected chi connectivity index (χ3v) is 5.46. The molecule has 1 heterocycles. The van der Waals surface area contributed by atoms with Crippen LogP contribution in [0.3, 0.4) is 0 Å². The summed E-state index contributed by atoms with van der Waals surface area (Å²) >= 11 is 5.76. The van der Waals surface area contributed by atoms with Gasteiger partial charge < -0.3 is 9.80 Å². The number of benzene rings is 2. The Morgan fingerprint density at radius 1 is 0.840 bits per heavy atom. The van der Waals surface area contributed by atoms with Crippen LogP contribution >= 0.6 is 12.2 Å². The van der Waals surface area contributed by atoms with Crippen LogP contribution in [-0.4, -0.2) is 36.1 Å². The van der Waals surface area contributed by atoms with Gasteiger partial charge in [0.2, 0.25) is 0 Å². The fraction of sp³-hybridized carbons (Fsp3) is 0.409. The summed E-state index contributed by atoms with van der Waals surface area (Å²) in [6.07, 6.45) is 0. The van der Waals surface area contributed by atoms with Crippen molar-refractivity contribution in [3.05, 3.63) is 65.2 Å². The van der Waals surface area contributed by atoms with Gasteiger partial charge in [0.15, 0.2) is 0 Å². The molecule has 0 saturated carbocycles. The molecule has 0 amide bonds. The fourth-order valence-electron chi connectivity index (χ4n) is 3.22. The molecule has 0 bridgehead atoms. The van der Waals surface area contributed by atoms with Crippen molar-refractivity contribution < 1.29 is 0 Å². The molecule has 2 aromatic carbocycles. The van der Waals surface area contributed by atoms with Crippen molar-refractivity contribution in [2.24, 2.45) is 0 Å². The summed E-state index contributed by atoms with van der Waals surface area (Å²) in [5, 5.41) is 0. The highest BCUT2D eigenvalue weighted by molar-refractivity contribution is 7.80. The Morgan fingerprint density at radius 2 is 1.40 bits per heavy atom. The average Bonchev–Trinajstić information content (AvgIpc) is 2.61. The summed E-state index contributed by atoms with van der Waals surface area (Å²) in [7, 11) is 0. The Hall–Kier alpha value is -1.87. The number of hydrogen-bond donors (Lipinski definition) is 0. The third-order valence-electron chi connectivity index (χ3n) is 4.96. The first kappa shape index (κ1) is 17.9. The second-order valence-electron chi connectivity index (χ2n) is 7.94. The number of piperazine rings is 1. The van der Waals surface area contributed by atoms with E-state index in [1.807, 2.05) is 0 Å². The van der Waals surface area contributed by atoms with E-state index < -0.39 is 0 Å². The van der Waals surface area contributed by atoms with Gasteiger partial charge in [-0.15, -0.1) is 0 Å². The van der Waals surface area contributed by atoms with Crippen LogP contribution in [0, 0.1) is 6.92 Å². The average molecular weight is 353 g/mol. The van der Waals surface area contributed by atoms with E-state index in [4.69, 9.17) is 12.2 Å². The summed E-state index contributed by atoms with van der Waals surface area (Å²) in [6, 6.07) is 17.6. The SMILES string of the molecule is Cc1ccc(N2CCN(C(=S)c3ccc(C(C)(C)C)cc3)CC2)cc1. The molecule has 0 aliphatic carbocycles. The topological polar surface area (TPSA) is 6.48 Å². The van der Waals surface area contributed by atoms with Crippen LogP contribution in [0.5, 0.6) is 0 Å². The first-order valence-corrected chi connectivity index (χ1v) is 9.47. The molecule has 0 spiro atoms. The summed E-state index contributed by atoms with van der Waals surface area (Å²) in [5.41, 5.74) is 5.31. The molecule has 0 N–H and O–H groups in total. The molecule has 1 aliphatic heterocycles. The summed E-state index contributed by atoms with van der Waals surface area (Å²) in [6.45, 7) is 12.8. The Morgan fingerprint density at radius 3 is 1.92 bits per heavy atom. The summed E-state index contributed by atoms with van der Waals surface area (Å²) < 4.78 is 0. The smallest absolute Gasteiger partial charge is 0.109 e. The molecular formula is C22H28N2S. The quantitative estimate of drug-likeness (QED) is 0.718. The van der Waals surface area contributed by atoms with Crippen LogP contribution < -0.4 is 4.90 Å². The maximum atomic E-state index is 5.76. The largest absolute Gasteiger partial charge is 0.368 e. The van der Waals surface area contributed by atoms with Crippen LogP contribution in [0.2, 0.25) is 0 Å². The predicted octanol–water partition coefficient (Wildman–Crippen LogP) is 4.79. The van der Waals surface area contributed by atoms with Crippen LogP contribution in [0.4, 0.5) is 5.69 Å². The van der Waals surface area contributed by atoms with Gasteiger partial charge in [0.25, 0.3) is 0 Å². The van der Waals surface area contributed by atoms with Crippen molar-refractivity contribution in [1.29, 1.82) is 0 Å². The van der Waals surface area contributed by atoms with E-state index in [9.17, 15) is 0 Å². The number of anilines is 1. The molecule has 2 nitrogen and oxygen atoms in total. The molecule has 0 atom stereocenters. The molecule has 1 aliphatic rings. The Labute approximate surface area is 157 Å². The van der Waals surface area contributed by atoms with E-state index >= 15 is 0 Å². The zero-order chi connectivity index (χ0) is 18.0. The van der Waals surface area contributed by atoms with Crippen molar-refractivity contribution in [2.45, 2.75) is 33.1 Å². The normalized spacial score (nSPS) is 15.4. The maximum absolute atomic E-state index is 5.76. The fourth-order valence-corrected chi connectivity index (χ4v) is 3.54. The highest BCUT2D eigenvalue weighted by Crippen LogP contribution is 2.23. The van der Waals surface area contributed by atoms with Crippen molar-refractivity contribution >= 4 is 22.9 Å². The summed E-state index contributed by atoms with van der Waals surface area (Å²) in [5.74, 6) is 0. The minimum Gasteiger partial charge on any atom is -0.368 e. The number of thiocarbonyl (C=S) groups is 1. The number of aryl methyl sites for hydroxylation is 1. The highest BCUT2D eigenvalue weighted by atomic mass is 32.1. The van der Waals surface area contributed by atoms with E-state index in [0.717, 1.165) is 36.7 Å². The molecule has 132 valence electrons. The van der Waals surface area contributed by atoms with Crippen LogP contribution in [0.1, 0.15) is 37.5 Å². The van der Waals surface area contributed by atoms with Gasteiger partial charge in [-0.3, -0.25) is 0 Å². The van der Waals surface area contributed by atoms with E-state index in [2.05, 4.69) is 86.0 Å². The number of nitrogens with zero attached hydrogens (tertiary/aromatic N) is 2. The lowest BCUT2D eigenvalue weighted by Gasteiger charge is -2.37. The first-order chi connectivity index (χ1) is 11.8. The van der Waals surface area contributed by atoms with Gasteiger partial charge in [0, 0.05) is 37.4 Å². The molecule has 0 unspecified atom stereocenters. The molecule has 1 saturated heterocycles. The molecular weight excluding hydrogens is 324 g/mol. The van der Waals surface area contributed by atoms with Crippen molar-refractivity contribution in [3.63, 3.8) is 0 Å². The summed E-state index contributed by atoms with van der Waals surface area (Å²) in [4.78, 5) is 5.76. The zero-order valence-electron chi connectivity index (χ0n) is 15.7. The van der Waals surface area contributed by atoms with Gasteiger partial charge in [-0.25, -0.2) is 0 Å². The minimum atomic E-state index is 0.180.